The van der Waals surface area contributed by atoms with Crippen LogP contribution in [0.15, 0.2) is 54.2 Å². The number of phenolic OH excluding ortho intramolecular Hbond substituents is 1. The number of amides is 1. The summed E-state index contributed by atoms with van der Waals surface area (Å²) < 4.78 is 0. The van der Waals surface area contributed by atoms with E-state index >= 15 is 0 Å². The number of carbonyl (C=O) groups excluding carboxylic acids is 1. The molecule has 0 fully saturated rings. The Morgan fingerprint density at radius 3 is 2.50 bits per heavy atom. The number of rotatable bonds is 4. The van der Waals surface area contributed by atoms with Crippen LogP contribution in [0.3, 0.4) is 0 Å². The van der Waals surface area contributed by atoms with Crippen molar-refractivity contribution in [3.8, 4) is 11.8 Å². The van der Waals surface area contributed by atoms with Gasteiger partial charge in [-0.3, -0.25) is 4.79 Å². The van der Waals surface area contributed by atoms with Gasteiger partial charge in [0.1, 0.15) is 17.4 Å². The number of nitrogens with zero attached hydrogens (tertiary/aromatic N) is 2. The molecule has 24 heavy (non-hydrogen) atoms. The summed E-state index contributed by atoms with van der Waals surface area (Å²) in [5, 5.41) is 21.8. The third-order valence-corrected chi connectivity index (χ3v) is 3.67. The molecule has 1 amide bonds. The van der Waals surface area contributed by atoms with Crippen molar-refractivity contribution in [2.45, 2.75) is 0 Å². The van der Waals surface area contributed by atoms with Gasteiger partial charge in [0, 0.05) is 24.0 Å². The summed E-state index contributed by atoms with van der Waals surface area (Å²) in [4.78, 5) is 13.8. The molecule has 5 nitrogen and oxygen atoms in total. The van der Waals surface area contributed by atoms with Gasteiger partial charge in [0.25, 0.3) is 5.91 Å². The molecule has 2 rings (SSSR count). The van der Waals surface area contributed by atoms with Crippen molar-refractivity contribution in [3.63, 3.8) is 0 Å². The summed E-state index contributed by atoms with van der Waals surface area (Å²) in [6.45, 7) is 0. The van der Waals surface area contributed by atoms with E-state index in [0.717, 1.165) is 0 Å². The van der Waals surface area contributed by atoms with Crippen molar-refractivity contribution in [2.75, 3.05) is 17.3 Å². The lowest BCUT2D eigenvalue weighted by atomic mass is 10.2. The SMILES string of the molecule is CN(/C=C(/C#N)C(=O)Nc1ccc(Cl)cc1Cl)c1ccc(O)cc1. The van der Waals surface area contributed by atoms with Gasteiger partial charge in [0.15, 0.2) is 0 Å². The van der Waals surface area contributed by atoms with Crippen LogP contribution in [-0.4, -0.2) is 18.1 Å². The highest BCUT2D eigenvalue weighted by Crippen LogP contribution is 2.26. The van der Waals surface area contributed by atoms with E-state index in [-0.39, 0.29) is 16.3 Å². The Morgan fingerprint density at radius 1 is 1.25 bits per heavy atom. The molecule has 122 valence electrons. The zero-order valence-corrected chi connectivity index (χ0v) is 14.1. The fraction of sp³-hybridized carbons (Fsp3) is 0.0588. The van der Waals surface area contributed by atoms with Crippen LogP contribution in [0.5, 0.6) is 5.75 Å². The van der Waals surface area contributed by atoms with Crippen molar-refractivity contribution in [1.29, 1.82) is 5.26 Å². The molecule has 0 atom stereocenters. The fourth-order valence-electron chi connectivity index (χ4n) is 1.87. The molecule has 0 bridgehead atoms. The number of anilines is 2. The maximum Gasteiger partial charge on any atom is 0.267 e. The number of carbonyl (C=O) groups is 1. The van der Waals surface area contributed by atoms with Crippen LogP contribution in [0.4, 0.5) is 11.4 Å². The Morgan fingerprint density at radius 2 is 1.92 bits per heavy atom. The summed E-state index contributed by atoms with van der Waals surface area (Å²) in [6.07, 6.45) is 1.39. The van der Waals surface area contributed by atoms with Crippen molar-refractivity contribution in [2.24, 2.45) is 0 Å². The third-order valence-electron chi connectivity index (χ3n) is 3.12. The molecular formula is C17H13Cl2N3O2. The summed E-state index contributed by atoms with van der Waals surface area (Å²) >= 11 is 11.8. The third kappa shape index (κ3) is 4.42. The molecular weight excluding hydrogens is 349 g/mol. The molecule has 0 aliphatic carbocycles. The number of phenols is 1. The predicted octanol–water partition coefficient (Wildman–Crippen LogP) is 4.18. The molecule has 0 aliphatic heterocycles. The quantitative estimate of drug-likeness (QED) is 0.632. The number of nitrogens with one attached hydrogen (secondary N) is 1. The van der Waals surface area contributed by atoms with Gasteiger partial charge < -0.3 is 15.3 Å². The van der Waals surface area contributed by atoms with E-state index in [2.05, 4.69) is 5.32 Å². The largest absolute Gasteiger partial charge is 0.508 e. The van der Waals surface area contributed by atoms with E-state index in [1.807, 2.05) is 6.07 Å². The predicted molar refractivity (Wildman–Crippen MR) is 95.3 cm³/mol. The maximum absolute atomic E-state index is 12.2. The first kappa shape index (κ1) is 17.7. The first-order chi connectivity index (χ1) is 11.4. The molecule has 0 saturated carbocycles. The fourth-order valence-corrected chi connectivity index (χ4v) is 2.33. The lowest BCUT2D eigenvalue weighted by Crippen LogP contribution is -2.18. The number of benzene rings is 2. The van der Waals surface area contributed by atoms with Crippen LogP contribution in [0.2, 0.25) is 10.0 Å². The highest BCUT2D eigenvalue weighted by Gasteiger charge is 2.13. The average molecular weight is 362 g/mol. The molecule has 7 heteroatoms. The standard InChI is InChI=1S/C17H13Cl2N3O2/c1-22(13-3-5-14(23)6-4-13)10-11(9-20)17(24)21-16-7-2-12(18)8-15(16)19/h2-8,10,23H,1H3,(H,21,24)/b11-10-. The Labute approximate surface area is 149 Å². The van der Waals surface area contributed by atoms with Gasteiger partial charge in [-0.25, -0.2) is 0 Å². The highest BCUT2D eigenvalue weighted by atomic mass is 35.5. The topological polar surface area (TPSA) is 76.4 Å². The Balaban J connectivity index is 2.19. The van der Waals surface area contributed by atoms with Gasteiger partial charge in [0.2, 0.25) is 0 Å². The van der Waals surface area contributed by atoms with Crippen LogP contribution < -0.4 is 10.2 Å². The zero-order valence-electron chi connectivity index (χ0n) is 12.6. The molecule has 0 aromatic heterocycles. The molecule has 0 radical (unpaired) electrons. The van der Waals surface area contributed by atoms with Crippen LogP contribution in [0.25, 0.3) is 0 Å². The number of aromatic hydroxyl groups is 1. The molecule has 0 aliphatic rings. The van der Waals surface area contributed by atoms with Crippen molar-refractivity contribution >= 4 is 40.5 Å². The molecule has 2 N–H and O–H groups in total. The Bertz CT molecular complexity index is 827. The minimum Gasteiger partial charge on any atom is -0.508 e. The van der Waals surface area contributed by atoms with Crippen LogP contribution >= 0.6 is 23.2 Å². The van der Waals surface area contributed by atoms with Crippen LogP contribution in [-0.2, 0) is 4.79 Å². The van der Waals surface area contributed by atoms with Crippen LogP contribution in [0.1, 0.15) is 0 Å². The number of hydrogen-bond donors (Lipinski definition) is 2. The smallest absolute Gasteiger partial charge is 0.267 e. The highest BCUT2D eigenvalue weighted by molar-refractivity contribution is 6.36. The van der Waals surface area contributed by atoms with Gasteiger partial charge in [-0.1, -0.05) is 23.2 Å². The molecule has 0 heterocycles. The average Bonchev–Trinajstić information content (AvgIpc) is 2.55. The maximum atomic E-state index is 12.2. The number of halogens is 2. The summed E-state index contributed by atoms with van der Waals surface area (Å²) in [7, 11) is 1.69. The first-order valence-electron chi connectivity index (χ1n) is 6.81. The summed E-state index contributed by atoms with van der Waals surface area (Å²) in [6, 6.07) is 12.8. The molecule has 2 aromatic carbocycles. The zero-order chi connectivity index (χ0) is 17.7. The van der Waals surface area contributed by atoms with E-state index in [1.54, 1.807) is 36.2 Å². The van der Waals surface area contributed by atoms with Gasteiger partial charge in [-0.05, 0) is 42.5 Å². The lowest BCUT2D eigenvalue weighted by molar-refractivity contribution is -0.112. The minimum absolute atomic E-state index is 0.100. The van der Waals surface area contributed by atoms with Crippen LogP contribution in [0, 0.1) is 11.3 Å². The molecule has 0 unspecified atom stereocenters. The van der Waals surface area contributed by atoms with Gasteiger partial charge in [-0.2, -0.15) is 5.26 Å². The van der Waals surface area contributed by atoms with Gasteiger partial charge in [0.05, 0.1) is 10.7 Å². The molecule has 2 aromatic rings. The van der Waals surface area contributed by atoms with E-state index < -0.39 is 5.91 Å². The van der Waals surface area contributed by atoms with Crippen molar-refractivity contribution in [1.82, 2.24) is 0 Å². The van der Waals surface area contributed by atoms with Gasteiger partial charge >= 0.3 is 0 Å². The van der Waals surface area contributed by atoms with Gasteiger partial charge in [-0.15, -0.1) is 0 Å². The summed E-state index contributed by atoms with van der Waals surface area (Å²) in [5.74, 6) is -0.459. The summed E-state index contributed by atoms with van der Waals surface area (Å²) in [5.41, 5.74) is 0.967. The monoisotopic (exact) mass is 361 g/mol. The normalized spacial score (nSPS) is 10.8. The number of nitriles is 1. The van der Waals surface area contributed by atoms with E-state index in [1.165, 1.54) is 24.4 Å². The Hall–Kier alpha value is -2.68. The first-order valence-corrected chi connectivity index (χ1v) is 7.56. The second-order valence-electron chi connectivity index (χ2n) is 4.86. The van der Waals surface area contributed by atoms with Crippen molar-refractivity contribution < 1.29 is 9.90 Å². The number of hydrogen-bond acceptors (Lipinski definition) is 4. The van der Waals surface area contributed by atoms with E-state index in [0.29, 0.717) is 16.4 Å². The van der Waals surface area contributed by atoms with E-state index in [9.17, 15) is 15.2 Å². The second-order valence-corrected chi connectivity index (χ2v) is 5.70. The Kier molecular flexibility index (Phi) is 5.69. The van der Waals surface area contributed by atoms with E-state index in [4.69, 9.17) is 23.2 Å². The second kappa shape index (κ2) is 7.73. The van der Waals surface area contributed by atoms with Crippen molar-refractivity contribution in [3.05, 3.63) is 64.3 Å². The molecule has 0 saturated heterocycles. The minimum atomic E-state index is -0.590. The molecule has 0 spiro atoms. The lowest BCUT2D eigenvalue weighted by Gasteiger charge is -2.15.